The van der Waals surface area contributed by atoms with Gasteiger partial charge in [-0.3, -0.25) is 0 Å². The minimum absolute atomic E-state index is 2.00. The van der Waals surface area contributed by atoms with Crippen LogP contribution in [0.15, 0.2) is 60.7 Å². The molecule has 68 valence electrons. The first-order valence-electron chi connectivity index (χ1n) is 3.74. The van der Waals surface area contributed by atoms with Gasteiger partial charge in [-0.25, -0.2) is 24.3 Å². The molecule has 0 aliphatic carbocycles. The Hall–Kier alpha value is -0.817. The van der Waals surface area contributed by atoms with Crippen LogP contribution in [0.2, 0.25) is 0 Å². The molecule has 0 heterocycles. The molecular weight excluding hydrogens is 243 g/mol. The van der Waals surface area contributed by atoms with Crippen molar-refractivity contribution in [1.82, 2.24) is 0 Å². The van der Waals surface area contributed by atoms with Gasteiger partial charge in [-0.2, -0.15) is 36.4 Å². The van der Waals surface area contributed by atoms with Crippen molar-refractivity contribution in [1.29, 1.82) is 0 Å². The van der Waals surface area contributed by atoms with Crippen LogP contribution in [0.4, 0.5) is 0 Å². The summed E-state index contributed by atoms with van der Waals surface area (Å²) in [6.45, 7) is 0. The first kappa shape index (κ1) is 12.2. The second-order valence-corrected chi connectivity index (χ2v) is 2.42. The molecule has 0 saturated carbocycles. The van der Waals surface area contributed by atoms with Crippen LogP contribution >= 0.6 is 0 Å². The molecule has 0 N–H and O–H groups in total. The van der Waals surface area contributed by atoms with Crippen LogP contribution in [0.25, 0.3) is 0 Å². The van der Waals surface area contributed by atoms with Crippen molar-refractivity contribution in [2.45, 2.75) is 0 Å². The Morgan fingerprint density at radius 1 is 0.692 bits per heavy atom. The Kier molecular flexibility index (Phi) is 10.5. The molecule has 0 amide bonds. The fraction of sp³-hybridized carbons (Fsp3) is 0. The Morgan fingerprint density at radius 3 is 1.00 bits per heavy atom. The van der Waals surface area contributed by atoms with Gasteiger partial charge in [0.2, 0.25) is 0 Å². The zero-order chi connectivity index (χ0) is 9.78. The van der Waals surface area contributed by atoms with Crippen molar-refractivity contribution in [3.05, 3.63) is 60.7 Å². The second-order valence-electron chi connectivity index (χ2n) is 2.01. The van der Waals surface area contributed by atoms with Gasteiger partial charge in [0.25, 0.3) is 0 Å². The average Bonchev–Trinajstić information content (AvgIpc) is 2.85. The second kappa shape index (κ2) is 11.2. The van der Waals surface area contributed by atoms with Crippen molar-refractivity contribution in [2.75, 3.05) is 0 Å². The zero-order valence-electron chi connectivity index (χ0n) is 7.09. The SMILES string of the molecule is [O]=[Zr]=[O].c1cc[cH-]c1.c1cc[cH-]c1. The molecule has 2 aromatic carbocycles. The quantitative estimate of drug-likeness (QED) is 0.676. The van der Waals surface area contributed by atoms with Crippen molar-refractivity contribution in [3.8, 4) is 0 Å². The maximum Gasteiger partial charge on any atom is -0.172 e. The summed E-state index contributed by atoms with van der Waals surface area (Å²) in [5.74, 6) is 0. The van der Waals surface area contributed by atoms with Gasteiger partial charge < -0.3 is 0 Å². The molecule has 0 bridgehead atoms. The van der Waals surface area contributed by atoms with E-state index in [0.717, 1.165) is 0 Å². The molecule has 3 heteroatoms. The predicted octanol–water partition coefficient (Wildman–Crippen LogP) is 2.57. The minimum atomic E-state index is -2.27. The van der Waals surface area contributed by atoms with Gasteiger partial charge >= 0.3 is 28.9 Å². The molecule has 0 aliphatic rings. The van der Waals surface area contributed by atoms with Crippen LogP contribution in [-0.4, -0.2) is 0 Å². The van der Waals surface area contributed by atoms with Gasteiger partial charge in [-0.15, -0.1) is 0 Å². The molecule has 2 aromatic rings. The molecule has 0 unspecified atom stereocenters. The van der Waals surface area contributed by atoms with E-state index in [1.165, 1.54) is 0 Å². The maximum absolute atomic E-state index is 8.54. The van der Waals surface area contributed by atoms with Crippen molar-refractivity contribution < 1.29 is 28.9 Å². The molecular formula is C10H10O2Zr-2. The maximum atomic E-state index is 8.54. The van der Waals surface area contributed by atoms with E-state index in [9.17, 15) is 0 Å². The van der Waals surface area contributed by atoms with E-state index in [4.69, 9.17) is 5.63 Å². The molecule has 13 heavy (non-hydrogen) atoms. The smallest absolute Gasteiger partial charge is 0.172 e. The Balaban J connectivity index is 0.000000174. The number of hydrogen-bond acceptors (Lipinski definition) is 2. The summed E-state index contributed by atoms with van der Waals surface area (Å²) in [4.78, 5) is 0. The summed E-state index contributed by atoms with van der Waals surface area (Å²) in [5, 5.41) is 0. The number of hydrogen-bond donors (Lipinski definition) is 0. The van der Waals surface area contributed by atoms with Gasteiger partial charge in [0.05, 0.1) is 0 Å². The first-order chi connectivity index (χ1) is 6.41. The van der Waals surface area contributed by atoms with Crippen molar-refractivity contribution >= 4 is 0 Å². The molecule has 0 aromatic heterocycles. The van der Waals surface area contributed by atoms with Gasteiger partial charge in [0.15, 0.2) is 0 Å². The summed E-state index contributed by atoms with van der Waals surface area (Å²) in [7, 11) is 0. The summed E-state index contributed by atoms with van der Waals surface area (Å²) >= 11 is -2.27. The molecule has 0 spiro atoms. The van der Waals surface area contributed by atoms with E-state index >= 15 is 0 Å². The Bertz CT molecular complexity index is 218. The monoisotopic (exact) mass is 252 g/mol. The van der Waals surface area contributed by atoms with Crippen LogP contribution in [0.1, 0.15) is 0 Å². The van der Waals surface area contributed by atoms with E-state index in [1.807, 2.05) is 60.7 Å². The summed E-state index contributed by atoms with van der Waals surface area (Å²) in [6, 6.07) is 20.0. The molecule has 0 radical (unpaired) electrons. The van der Waals surface area contributed by atoms with E-state index < -0.39 is 23.2 Å². The molecule has 0 atom stereocenters. The van der Waals surface area contributed by atoms with Crippen molar-refractivity contribution in [2.24, 2.45) is 0 Å². The van der Waals surface area contributed by atoms with Crippen LogP contribution in [0.5, 0.6) is 0 Å². The predicted molar refractivity (Wildman–Crippen MR) is 45.4 cm³/mol. The van der Waals surface area contributed by atoms with Gasteiger partial charge in [-0.1, -0.05) is 0 Å². The van der Waals surface area contributed by atoms with Crippen molar-refractivity contribution in [3.63, 3.8) is 0 Å². The molecule has 0 fully saturated rings. The third kappa shape index (κ3) is 11.2. The van der Waals surface area contributed by atoms with E-state index in [1.54, 1.807) is 0 Å². The van der Waals surface area contributed by atoms with E-state index in [2.05, 4.69) is 0 Å². The standard InChI is InChI=1S/2C5H5.2O.Zr/c2*1-2-4-5-3-1;;;/h2*1-5H;;;/q2*-1;;;. The fourth-order valence-corrected chi connectivity index (χ4v) is 0.642. The third-order valence-corrected chi connectivity index (χ3v) is 1.11. The molecule has 2 nitrogen and oxygen atoms in total. The summed E-state index contributed by atoms with van der Waals surface area (Å²) in [6.07, 6.45) is 0. The molecule has 0 saturated heterocycles. The molecule has 2 rings (SSSR count). The van der Waals surface area contributed by atoms with Crippen LogP contribution < -0.4 is 0 Å². The first-order valence-corrected chi connectivity index (χ1v) is 5.75. The average molecular weight is 253 g/mol. The number of rotatable bonds is 0. The van der Waals surface area contributed by atoms with Crippen LogP contribution in [0.3, 0.4) is 0 Å². The molecule has 0 aliphatic heterocycles. The van der Waals surface area contributed by atoms with Gasteiger partial charge in [0.1, 0.15) is 0 Å². The summed E-state index contributed by atoms with van der Waals surface area (Å²) in [5.41, 5.74) is 0. The Morgan fingerprint density at radius 2 is 0.923 bits per heavy atom. The summed E-state index contributed by atoms with van der Waals surface area (Å²) < 4.78 is 17.1. The minimum Gasteiger partial charge on any atom is -0.214 e. The van der Waals surface area contributed by atoms with Crippen LogP contribution in [0, 0.1) is 0 Å². The van der Waals surface area contributed by atoms with Gasteiger partial charge in [0, 0.05) is 0 Å². The van der Waals surface area contributed by atoms with E-state index in [-0.39, 0.29) is 0 Å². The Labute approximate surface area is 89.4 Å². The van der Waals surface area contributed by atoms with Crippen LogP contribution in [-0.2, 0) is 28.9 Å². The third-order valence-electron chi connectivity index (χ3n) is 1.11. The zero-order valence-corrected chi connectivity index (χ0v) is 9.55. The normalized spacial score (nSPS) is 6.77. The van der Waals surface area contributed by atoms with Gasteiger partial charge in [-0.05, 0) is 0 Å². The fourth-order valence-electron chi connectivity index (χ4n) is 0.642. The van der Waals surface area contributed by atoms with E-state index in [0.29, 0.717) is 0 Å². The topological polar surface area (TPSA) is 34.1 Å². The largest absolute Gasteiger partial charge is 0.214 e.